The molecule has 1 aromatic carbocycles. The van der Waals surface area contributed by atoms with Crippen LogP contribution in [-0.4, -0.2) is 21.1 Å². The highest BCUT2D eigenvalue weighted by atomic mass is 16.1. The maximum atomic E-state index is 12.1. The monoisotopic (exact) mass is 282 g/mol. The Labute approximate surface area is 121 Å². The Bertz CT molecular complexity index is 712. The number of carbonyl (C=O) groups excluding carboxylic acids is 1. The summed E-state index contributed by atoms with van der Waals surface area (Å²) in [5, 5.41) is 20.7. The number of aryl methyl sites for hydroxylation is 2. The number of aromatic nitrogens is 3. The first-order chi connectivity index (χ1) is 10.1. The zero-order chi connectivity index (χ0) is 15.2. The third-order valence-corrected chi connectivity index (χ3v) is 2.76. The van der Waals surface area contributed by atoms with Crippen molar-refractivity contribution >= 4 is 17.5 Å². The van der Waals surface area contributed by atoms with E-state index < -0.39 is 5.91 Å². The Kier molecular flexibility index (Phi) is 4.31. The van der Waals surface area contributed by atoms with Crippen LogP contribution in [0.5, 0.6) is 0 Å². The minimum atomic E-state index is -0.489. The summed E-state index contributed by atoms with van der Waals surface area (Å²) in [5.41, 5.74) is 2.65. The predicted molar refractivity (Wildman–Crippen MR) is 78.2 cm³/mol. The van der Waals surface area contributed by atoms with Crippen molar-refractivity contribution in [3.05, 3.63) is 47.4 Å². The lowest BCUT2D eigenvalue weighted by Gasteiger charge is -2.08. The molecular formula is C14H14N6O. The number of amides is 1. The SMILES string of the molecule is Cc1ccc(NC(=O)/C(C#N)=C\Nc2ncn[nH]2)c(C)c1. The molecule has 0 saturated carbocycles. The average Bonchev–Trinajstić information content (AvgIpc) is 2.96. The van der Waals surface area contributed by atoms with Crippen molar-refractivity contribution in [1.82, 2.24) is 15.2 Å². The van der Waals surface area contributed by atoms with Gasteiger partial charge in [-0.25, -0.2) is 5.10 Å². The molecule has 1 heterocycles. The molecule has 7 heteroatoms. The number of benzene rings is 1. The molecule has 7 nitrogen and oxygen atoms in total. The van der Waals surface area contributed by atoms with Gasteiger partial charge in [0.15, 0.2) is 0 Å². The second kappa shape index (κ2) is 6.34. The first-order valence-electron chi connectivity index (χ1n) is 6.21. The minimum absolute atomic E-state index is 0.0635. The molecule has 2 aromatic rings. The Hall–Kier alpha value is -3.14. The number of hydrogen-bond acceptors (Lipinski definition) is 5. The minimum Gasteiger partial charge on any atom is -0.330 e. The maximum Gasteiger partial charge on any atom is 0.267 e. The van der Waals surface area contributed by atoms with Crippen LogP contribution in [0.25, 0.3) is 0 Å². The zero-order valence-corrected chi connectivity index (χ0v) is 11.6. The van der Waals surface area contributed by atoms with Crippen LogP contribution in [0.1, 0.15) is 11.1 Å². The van der Waals surface area contributed by atoms with E-state index in [9.17, 15) is 4.79 Å². The Morgan fingerprint density at radius 2 is 2.24 bits per heavy atom. The summed E-state index contributed by atoms with van der Waals surface area (Å²) in [5.74, 6) is -0.140. The standard InChI is InChI=1S/C14H14N6O/c1-9-3-4-12(10(2)5-9)19-13(21)11(6-15)7-16-14-17-8-18-20-14/h3-5,7-8H,1-2H3,(H,19,21)(H2,16,17,18,20)/b11-7-. The van der Waals surface area contributed by atoms with Gasteiger partial charge in [0.25, 0.3) is 5.91 Å². The summed E-state index contributed by atoms with van der Waals surface area (Å²) in [6.07, 6.45) is 2.59. The van der Waals surface area contributed by atoms with Crippen LogP contribution in [0.2, 0.25) is 0 Å². The lowest BCUT2D eigenvalue weighted by Crippen LogP contribution is -2.15. The average molecular weight is 282 g/mol. The zero-order valence-electron chi connectivity index (χ0n) is 11.6. The van der Waals surface area contributed by atoms with Crippen LogP contribution in [-0.2, 0) is 4.79 Å². The fraction of sp³-hybridized carbons (Fsp3) is 0.143. The lowest BCUT2D eigenvalue weighted by atomic mass is 10.1. The first-order valence-corrected chi connectivity index (χ1v) is 6.21. The summed E-state index contributed by atoms with van der Waals surface area (Å²) in [4.78, 5) is 15.9. The van der Waals surface area contributed by atoms with E-state index in [1.54, 1.807) is 6.07 Å². The van der Waals surface area contributed by atoms with E-state index in [4.69, 9.17) is 5.26 Å². The normalized spacial score (nSPS) is 10.8. The molecule has 0 bridgehead atoms. The third kappa shape index (κ3) is 3.67. The molecular weight excluding hydrogens is 268 g/mol. The molecule has 0 radical (unpaired) electrons. The van der Waals surface area contributed by atoms with Crippen molar-refractivity contribution in [2.24, 2.45) is 0 Å². The number of nitrogens with zero attached hydrogens (tertiary/aromatic N) is 3. The fourth-order valence-electron chi connectivity index (χ4n) is 1.71. The number of carbonyl (C=O) groups is 1. The Morgan fingerprint density at radius 1 is 1.43 bits per heavy atom. The Morgan fingerprint density at radius 3 is 2.86 bits per heavy atom. The fourth-order valence-corrected chi connectivity index (χ4v) is 1.71. The Balaban J connectivity index is 2.10. The molecule has 0 aliphatic carbocycles. The predicted octanol–water partition coefficient (Wildman–Crippen LogP) is 1.88. The lowest BCUT2D eigenvalue weighted by molar-refractivity contribution is -0.112. The summed E-state index contributed by atoms with van der Waals surface area (Å²) >= 11 is 0. The van der Waals surface area contributed by atoms with Gasteiger partial charge in [-0.3, -0.25) is 4.79 Å². The van der Waals surface area contributed by atoms with Gasteiger partial charge < -0.3 is 10.6 Å². The van der Waals surface area contributed by atoms with Gasteiger partial charge in [0, 0.05) is 11.9 Å². The molecule has 3 N–H and O–H groups in total. The molecule has 0 aliphatic rings. The van der Waals surface area contributed by atoms with Gasteiger partial charge in [-0.05, 0) is 25.5 Å². The largest absolute Gasteiger partial charge is 0.330 e. The van der Waals surface area contributed by atoms with Gasteiger partial charge in [0.2, 0.25) is 5.95 Å². The van der Waals surface area contributed by atoms with Crippen LogP contribution < -0.4 is 10.6 Å². The molecule has 0 spiro atoms. The van der Waals surface area contributed by atoms with Gasteiger partial charge in [-0.1, -0.05) is 17.7 Å². The second-order valence-corrected chi connectivity index (χ2v) is 4.42. The van der Waals surface area contributed by atoms with Gasteiger partial charge in [0.05, 0.1) is 0 Å². The van der Waals surface area contributed by atoms with Gasteiger partial charge in [0.1, 0.15) is 18.0 Å². The smallest absolute Gasteiger partial charge is 0.267 e. The van der Waals surface area contributed by atoms with Crippen LogP contribution >= 0.6 is 0 Å². The van der Waals surface area contributed by atoms with E-state index in [2.05, 4.69) is 25.8 Å². The summed E-state index contributed by atoms with van der Waals surface area (Å²) in [6, 6.07) is 7.50. The van der Waals surface area contributed by atoms with Crippen molar-refractivity contribution in [3.63, 3.8) is 0 Å². The molecule has 21 heavy (non-hydrogen) atoms. The van der Waals surface area contributed by atoms with Crippen LogP contribution in [0.3, 0.4) is 0 Å². The van der Waals surface area contributed by atoms with Crippen molar-refractivity contribution in [3.8, 4) is 6.07 Å². The molecule has 0 aliphatic heterocycles. The highest BCUT2D eigenvalue weighted by molar-refractivity contribution is 6.07. The van der Waals surface area contributed by atoms with Gasteiger partial charge in [-0.15, -0.1) is 0 Å². The maximum absolute atomic E-state index is 12.1. The summed E-state index contributed by atoms with van der Waals surface area (Å²) < 4.78 is 0. The number of nitriles is 1. The van der Waals surface area contributed by atoms with Crippen molar-refractivity contribution < 1.29 is 4.79 Å². The van der Waals surface area contributed by atoms with E-state index in [1.807, 2.05) is 32.0 Å². The molecule has 0 saturated heterocycles. The van der Waals surface area contributed by atoms with Crippen molar-refractivity contribution in [2.45, 2.75) is 13.8 Å². The number of rotatable bonds is 4. The molecule has 1 aromatic heterocycles. The molecule has 0 unspecified atom stereocenters. The highest BCUT2D eigenvalue weighted by Gasteiger charge is 2.10. The number of nitrogens with one attached hydrogen (secondary N) is 3. The number of anilines is 2. The summed E-state index contributed by atoms with van der Waals surface area (Å²) in [7, 11) is 0. The number of hydrogen-bond donors (Lipinski definition) is 3. The van der Waals surface area contributed by atoms with Crippen LogP contribution in [0.15, 0.2) is 36.3 Å². The topological polar surface area (TPSA) is 106 Å². The molecule has 1 amide bonds. The van der Waals surface area contributed by atoms with Crippen LogP contribution in [0.4, 0.5) is 11.6 Å². The molecule has 106 valence electrons. The number of aromatic amines is 1. The molecule has 2 rings (SSSR count). The van der Waals surface area contributed by atoms with E-state index in [0.29, 0.717) is 11.6 Å². The number of H-pyrrole nitrogens is 1. The first kappa shape index (κ1) is 14.3. The van der Waals surface area contributed by atoms with Gasteiger partial charge >= 0.3 is 0 Å². The second-order valence-electron chi connectivity index (χ2n) is 4.42. The quantitative estimate of drug-likeness (QED) is 0.586. The van der Waals surface area contributed by atoms with E-state index in [-0.39, 0.29) is 5.57 Å². The molecule has 0 fully saturated rings. The van der Waals surface area contributed by atoms with Crippen LogP contribution in [0, 0.1) is 25.2 Å². The molecule has 0 atom stereocenters. The van der Waals surface area contributed by atoms with E-state index >= 15 is 0 Å². The highest BCUT2D eigenvalue weighted by Crippen LogP contribution is 2.16. The summed E-state index contributed by atoms with van der Waals surface area (Å²) in [6.45, 7) is 3.87. The van der Waals surface area contributed by atoms with Gasteiger partial charge in [-0.2, -0.15) is 15.3 Å². The van der Waals surface area contributed by atoms with Crippen molar-refractivity contribution in [1.29, 1.82) is 5.26 Å². The van der Waals surface area contributed by atoms with E-state index in [1.165, 1.54) is 12.5 Å². The van der Waals surface area contributed by atoms with Crippen molar-refractivity contribution in [2.75, 3.05) is 10.6 Å². The third-order valence-electron chi connectivity index (χ3n) is 2.76. The van der Waals surface area contributed by atoms with E-state index in [0.717, 1.165) is 11.1 Å².